The van der Waals surface area contributed by atoms with Crippen LogP contribution in [0.5, 0.6) is 0 Å². The predicted octanol–water partition coefficient (Wildman–Crippen LogP) is 3.49. The Morgan fingerprint density at radius 2 is 2.28 bits per heavy atom. The summed E-state index contributed by atoms with van der Waals surface area (Å²) in [6.07, 6.45) is 4.55. The summed E-state index contributed by atoms with van der Waals surface area (Å²) < 4.78 is 0. The van der Waals surface area contributed by atoms with Gasteiger partial charge in [-0.05, 0) is 25.0 Å². The highest BCUT2D eigenvalue weighted by Crippen LogP contribution is 2.44. The first-order valence-corrected chi connectivity index (χ1v) is 8.30. The van der Waals surface area contributed by atoms with Gasteiger partial charge in [-0.2, -0.15) is 0 Å². The summed E-state index contributed by atoms with van der Waals surface area (Å²) in [6, 6.07) is 0. The van der Waals surface area contributed by atoms with Crippen molar-refractivity contribution in [1.82, 2.24) is 0 Å². The fraction of sp³-hybridized carbons (Fsp3) is 0.615. The predicted molar refractivity (Wildman–Crippen MR) is 81.1 cm³/mol. The molecule has 1 fully saturated rings. The number of Topliss-reactive ketones (excluding diaryl/α,β-unsaturated/α-hetero) is 1. The summed E-state index contributed by atoms with van der Waals surface area (Å²) >= 11 is 3.20. The molecule has 1 aromatic rings. The maximum Gasteiger partial charge on any atom is 0.171 e. The zero-order chi connectivity index (χ0) is 13.3. The number of nitrogens with zero attached hydrogens (tertiary/aromatic N) is 1. The summed E-state index contributed by atoms with van der Waals surface area (Å²) in [5, 5.41) is 1.19. The number of hydrogen-bond donors (Lipinski definition) is 1. The van der Waals surface area contributed by atoms with Crippen molar-refractivity contribution in [1.29, 1.82) is 0 Å². The number of ketones is 1. The van der Waals surface area contributed by atoms with E-state index in [0.717, 1.165) is 23.9 Å². The molecule has 3 nitrogen and oxygen atoms in total. The van der Waals surface area contributed by atoms with Crippen LogP contribution in [0.3, 0.4) is 0 Å². The van der Waals surface area contributed by atoms with Crippen LogP contribution in [0.2, 0.25) is 0 Å². The maximum absolute atomic E-state index is 11.6. The number of nitrogens with two attached hydrogens (primary N) is 1. The molecule has 1 unspecified atom stereocenters. The van der Waals surface area contributed by atoms with E-state index in [1.54, 1.807) is 30.0 Å². The average Bonchev–Trinajstić information content (AvgIpc) is 2.66. The lowest BCUT2D eigenvalue weighted by Crippen LogP contribution is -2.33. The van der Waals surface area contributed by atoms with Gasteiger partial charge in [-0.15, -0.1) is 23.1 Å². The number of piperidine rings is 1. The first-order valence-electron chi connectivity index (χ1n) is 6.26. The van der Waals surface area contributed by atoms with Crippen LogP contribution in [0.4, 0.5) is 10.7 Å². The summed E-state index contributed by atoms with van der Waals surface area (Å²) in [5.41, 5.74) is 6.77. The van der Waals surface area contributed by atoms with Gasteiger partial charge in [-0.25, -0.2) is 0 Å². The molecule has 1 saturated heterocycles. The third kappa shape index (κ3) is 2.52. The third-order valence-electron chi connectivity index (χ3n) is 3.35. The van der Waals surface area contributed by atoms with E-state index in [9.17, 15) is 4.79 Å². The van der Waals surface area contributed by atoms with Crippen molar-refractivity contribution < 1.29 is 4.79 Å². The highest BCUT2D eigenvalue weighted by atomic mass is 32.2. The second-order valence-electron chi connectivity index (χ2n) is 4.93. The minimum atomic E-state index is 0.0732. The Labute approximate surface area is 117 Å². The number of rotatable bonds is 3. The van der Waals surface area contributed by atoms with Crippen LogP contribution < -0.4 is 10.6 Å². The Balaban J connectivity index is 2.37. The molecule has 2 heterocycles. The lowest BCUT2D eigenvalue weighted by Gasteiger charge is -2.32. The Hall–Kier alpha value is -0.680. The molecule has 0 amide bonds. The second kappa shape index (κ2) is 5.53. The van der Waals surface area contributed by atoms with Crippen LogP contribution in [0.1, 0.15) is 36.4 Å². The molecule has 1 aromatic heterocycles. The van der Waals surface area contributed by atoms with Crippen LogP contribution >= 0.6 is 23.1 Å². The van der Waals surface area contributed by atoms with Gasteiger partial charge in [0.15, 0.2) is 5.78 Å². The molecule has 1 aliphatic rings. The number of nitrogen functional groups attached to an aromatic ring is 1. The summed E-state index contributed by atoms with van der Waals surface area (Å²) in [4.78, 5) is 15.8. The minimum absolute atomic E-state index is 0.0732. The van der Waals surface area contributed by atoms with E-state index < -0.39 is 0 Å². The quantitative estimate of drug-likeness (QED) is 0.682. The maximum atomic E-state index is 11.6. The zero-order valence-electron chi connectivity index (χ0n) is 11.2. The standard InChI is InChI=1S/C13H20N2OS2/c1-8-5-4-6-15(7-8)13-12(17-3)10(14)11(18-13)9(2)16/h8H,4-7,14H2,1-3H3. The van der Waals surface area contributed by atoms with Crippen molar-refractivity contribution in [2.45, 2.75) is 31.6 Å². The molecular formula is C13H20N2OS2. The van der Waals surface area contributed by atoms with Crippen LogP contribution in [-0.4, -0.2) is 25.1 Å². The Kier molecular flexibility index (Phi) is 4.22. The van der Waals surface area contributed by atoms with Gasteiger partial charge in [0.2, 0.25) is 0 Å². The number of carbonyl (C=O) groups is 1. The van der Waals surface area contributed by atoms with Gasteiger partial charge in [-0.3, -0.25) is 4.79 Å². The zero-order valence-corrected chi connectivity index (χ0v) is 12.8. The number of hydrogen-bond acceptors (Lipinski definition) is 5. The summed E-state index contributed by atoms with van der Waals surface area (Å²) in [7, 11) is 0. The number of anilines is 2. The van der Waals surface area contributed by atoms with Crippen LogP contribution in [0.15, 0.2) is 4.90 Å². The molecule has 0 aromatic carbocycles. The van der Waals surface area contributed by atoms with Gasteiger partial charge in [0, 0.05) is 20.0 Å². The monoisotopic (exact) mass is 284 g/mol. The van der Waals surface area contributed by atoms with Crippen LogP contribution in [0, 0.1) is 5.92 Å². The van der Waals surface area contributed by atoms with Crippen molar-refractivity contribution in [2.24, 2.45) is 5.92 Å². The molecule has 5 heteroatoms. The SMILES string of the molecule is CSc1c(N2CCCC(C)C2)sc(C(C)=O)c1N. The molecule has 2 N–H and O–H groups in total. The van der Waals surface area contributed by atoms with Gasteiger partial charge in [0.25, 0.3) is 0 Å². The van der Waals surface area contributed by atoms with Crippen LogP contribution in [0.25, 0.3) is 0 Å². The topological polar surface area (TPSA) is 46.3 Å². The average molecular weight is 284 g/mol. The Bertz CT molecular complexity index is 456. The van der Waals surface area contributed by atoms with E-state index >= 15 is 0 Å². The third-order valence-corrected chi connectivity index (χ3v) is 5.67. The Morgan fingerprint density at radius 3 is 2.83 bits per heavy atom. The van der Waals surface area contributed by atoms with Gasteiger partial charge in [0.1, 0.15) is 5.00 Å². The van der Waals surface area contributed by atoms with Gasteiger partial charge >= 0.3 is 0 Å². The molecule has 0 radical (unpaired) electrons. The van der Waals surface area contributed by atoms with Crippen molar-refractivity contribution >= 4 is 39.6 Å². The summed E-state index contributed by atoms with van der Waals surface area (Å²) in [5.74, 6) is 0.793. The lowest BCUT2D eigenvalue weighted by molar-refractivity contribution is 0.102. The van der Waals surface area contributed by atoms with E-state index in [1.165, 1.54) is 17.8 Å². The first kappa shape index (κ1) is 13.7. The highest BCUT2D eigenvalue weighted by Gasteiger charge is 2.25. The van der Waals surface area contributed by atoms with Gasteiger partial charge < -0.3 is 10.6 Å². The lowest BCUT2D eigenvalue weighted by atomic mass is 10.0. The molecule has 0 aliphatic carbocycles. The molecule has 0 saturated carbocycles. The minimum Gasteiger partial charge on any atom is -0.396 e. The molecule has 2 rings (SSSR count). The molecule has 18 heavy (non-hydrogen) atoms. The fourth-order valence-electron chi connectivity index (χ4n) is 2.46. The van der Waals surface area contributed by atoms with Crippen molar-refractivity contribution in [3.05, 3.63) is 4.88 Å². The summed E-state index contributed by atoms with van der Waals surface area (Å²) in [6.45, 7) is 6.03. The van der Waals surface area contributed by atoms with E-state index in [4.69, 9.17) is 5.73 Å². The smallest absolute Gasteiger partial charge is 0.171 e. The number of carbonyl (C=O) groups excluding carboxylic acids is 1. The molecule has 0 bridgehead atoms. The largest absolute Gasteiger partial charge is 0.396 e. The van der Waals surface area contributed by atoms with E-state index in [1.807, 2.05) is 6.26 Å². The van der Waals surface area contributed by atoms with Crippen molar-refractivity contribution in [3.8, 4) is 0 Å². The molecule has 1 atom stereocenters. The van der Waals surface area contributed by atoms with E-state index in [-0.39, 0.29) is 5.78 Å². The van der Waals surface area contributed by atoms with E-state index in [2.05, 4.69) is 11.8 Å². The van der Waals surface area contributed by atoms with Crippen molar-refractivity contribution in [2.75, 3.05) is 30.0 Å². The van der Waals surface area contributed by atoms with Gasteiger partial charge in [0.05, 0.1) is 15.5 Å². The molecule has 1 aliphatic heterocycles. The van der Waals surface area contributed by atoms with E-state index in [0.29, 0.717) is 10.6 Å². The molecular weight excluding hydrogens is 264 g/mol. The highest BCUT2D eigenvalue weighted by molar-refractivity contribution is 7.99. The second-order valence-corrected chi connectivity index (χ2v) is 6.75. The Morgan fingerprint density at radius 1 is 1.56 bits per heavy atom. The number of thiophene rings is 1. The normalized spacial score (nSPS) is 20.2. The van der Waals surface area contributed by atoms with Crippen LogP contribution in [-0.2, 0) is 0 Å². The molecule has 100 valence electrons. The number of thioether (sulfide) groups is 1. The molecule has 0 spiro atoms. The first-order chi connectivity index (χ1) is 8.54. The van der Waals surface area contributed by atoms with Gasteiger partial charge in [-0.1, -0.05) is 6.92 Å². The van der Waals surface area contributed by atoms with Crippen molar-refractivity contribution in [3.63, 3.8) is 0 Å². The fourth-order valence-corrected chi connectivity index (χ4v) is 4.57.